The van der Waals surface area contributed by atoms with Crippen molar-refractivity contribution in [2.75, 3.05) is 31.1 Å². The van der Waals surface area contributed by atoms with Gasteiger partial charge in [0, 0.05) is 30.4 Å². The van der Waals surface area contributed by atoms with Crippen molar-refractivity contribution in [2.24, 2.45) is 16.8 Å². The highest BCUT2D eigenvalue weighted by molar-refractivity contribution is 5.96. The smallest absolute Gasteiger partial charge is 0.257 e. The molecule has 0 atom stereocenters. The van der Waals surface area contributed by atoms with Gasteiger partial charge in [-0.15, -0.1) is 0 Å². The summed E-state index contributed by atoms with van der Waals surface area (Å²) in [5, 5.41) is 6.89. The van der Waals surface area contributed by atoms with Crippen LogP contribution in [0.2, 0.25) is 0 Å². The van der Waals surface area contributed by atoms with Crippen LogP contribution in [0.25, 0.3) is 22.3 Å². The van der Waals surface area contributed by atoms with Crippen LogP contribution in [0.4, 0.5) is 11.5 Å². The second-order valence-corrected chi connectivity index (χ2v) is 11.6. The molecule has 1 aromatic heterocycles. The second kappa shape index (κ2) is 12.8. The lowest BCUT2D eigenvalue weighted by atomic mass is 10.1. The van der Waals surface area contributed by atoms with Crippen molar-refractivity contribution in [3.05, 3.63) is 77.9 Å². The van der Waals surface area contributed by atoms with Gasteiger partial charge in [-0.3, -0.25) is 14.6 Å². The van der Waals surface area contributed by atoms with Crippen molar-refractivity contribution >= 4 is 40.4 Å². The molecular formula is C35H38N6O3. The lowest BCUT2D eigenvalue weighted by Gasteiger charge is -2.26. The molecule has 3 aliphatic rings. The Balaban J connectivity index is 0.00000343. The van der Waals surface area contributed by atoms with Gasteiger partial charge >= 0.3 is 0 Å². The monoisotopic (exact) mass is 590 g/mol. The first-order valence-electron chi connectivity index (χ1n) is 15.0. The number of amides is 2. The Morgan fingerprint density at radius 1 is 0.864 bits per heavy atom. The summed E-state index contributed by atoms with van der Waals surface area (Å²) in [4.78, 5) is 42.1. The van der Waals surface area contributed by atoms with Crippen molar-refractivity contribution in [1.82, 2.24) is 20.6 Å². The van der Waals surface area contributed by atoms with E-state index in [1.165, 1.54) is 12.8 Å². The second-order valence-electron chi connectivity index (χ2n) is 11.6. The first-order valence-corrected chi connectivity index (χ1v) is 15.0. The van der Waals surface area contributed by atoms with Crippen LogP contribution >= 0.6 is 0 Å². The molecule has 9 nitrogen and oxygen atoms in total. The molecule has 2 saturated carbocycles. The number of carbonyl (C=O) groups is 2. The van der Waals surface area contributed by atoms with E-state index in [0.29, 0.717) is 54.4 Å². The van der Waals surface area contributed by atoms with Gasteiger partial charge in [0.2, 0.25) is 5.91 Å². The maximum absolute atomic E-state index is 13.3. The van der Waals surface area contributed by atoms with Gasteiger partial charge in [0.1, 0.15) is 18.1 Å². The summed E-state index contributed by atoms with van der Waals surface area (Å²) >= 11 is 0. The van der Waals surface area contributed by atoms with Crippen LogP contribution in [0, 0.1) is 11.8 Å². The Labute approximate surface area is 257 Å². The molecule has 4 aromatic rings. The van der Waals surface area contributed by atoms with E-state index in [-0.39, 0.29) is 32.4 Å². The highest BCUT2D eigenvalue weighted by atomic mass is 16.5. The number of rotatable bonds is 12. The van der Waals surface area contributed by atoms with Crippen LogP contribution < -0.4 is 20.3 Å². The molecule has 3 aromatic carbocycles. The van der Waals surface area contributed by atoms with Crippen LogP contribution in [0.1, 0.15) is 44.2 Å². The van der Waals surface area contributed by atoms with E-state index < -0.39 is 0 Å². The average Bonchev–Trinajstić information content (AvgIpc) is 3.98. The Morgan fingerprint density at radius 2 is 1.59 bits per heavy atom. The van der Waals surface area contributed by atoms with Gasteiger partial charge in [0.15, 0.2) is 12.4 Å². The summed E-state index contributed by atoms with van der Waals surface area (Å²) < 4.78 is 5.99. The number of aromatic nitrogens is 2. The Hall–Kier alpha value is -4.79. The largest absolute Gasteiger partial charge is 0.483 e. The number of nitrogens with one attached hydrogen (secondary N) is 2. The number of aliphatic imine (C=N–C) groups is 1. The maximum atomic E-state index is 13.3. The molecular weight excluding hydrogens is 552 g/mol. The zero-order valence-electron chi connectivity index (χ0n) is 24.0. The van der Waals surface area contributed by atoms with Gasteiger partial charge < -0.3 is 20.3 Å². The van der Waals surface area contributed by atoms with E-state index in [1.54, 1.807) is 0 Å². The highest BCUT2D eigenvalue weighted by Crippen LogP contribution is 2.36. The normalized spacial score (nSPS) is 14.9. The third-order valence-corrected chi connectivity index (χ3v) is 8.13. The van der Waals surface area contributed by atoms with Crippen LogP contribution in [0.5, 0.6) is 5.75 Å². The number of anilines is 2. The average molecular weight is 591 g/mol. The van der Waals surface area contributed by atoms with Crippen LogP contribution in [-0.4, -0.2) is 54.2 Å². The Bertz CT molecular complexity index is 1710. The standard InChI is InChI=1S/C34H34N6O3.CH4/c41-31(36-16-22-9-10-22)20-40(26-14-13-24-18-35-19-25(24)15-26)34-27-5-1-3-7-29(27)38-33(39-34)28-6-2-4-8-30(28)43-21-32(42)37-17-23-11-12-23;/h1-8,13-15,19,22-23H,9-12,16-18,20-21H2,(H,36,41)(H,37,42);1H4. The van der Waals surface area contributed by atoms with E-state index in [9.17, 15) is 9.59 Å². The minimum absolute atomic E-state index is 0. The molecule has 2 N–H and O–H groups in total. The molecule has 2 aliphatic carbocycles. The zero-order chi connectivity index (χ0) is 29.2. The van der Waals surface area contributed by atoms with Gasteiger partial charge in [-0.2, -0.15) is 0 Å². The molecule has 226 valence electrons. The molecule has 2 heterocycles. The van der Waals surface area contributed by atoms with E-state index in [4.69, 9.17) is 14.7 Å². The van der Waals surface area contributed by atoms with Crippen LogP contribution in [-0.2, 0) is 16.1 Å². The summed E-state index contributed by atoms with van der Waals surface area (Å²) in [7, 11) is 0. The number of carbonyl (C=O) groups excluding carboxylic acids is 2. The topological polar surface area (TPSA) is 109 Å². The molecule has 1 aliphatic heterocycles. The SMILES string of the molecule is C.O=C(COc1ccccc1-c1nc(N(CC(=O)NCC2CC2)c2ccc3c(c2)C=NC3)c2ccccc2n1)NCC1CC1. The molecule has 44 heavy (non-hydrogen) atoms. The van der Waals surface area contributed by atoms with Gasteiger partial charge in [-0.05, 0) is 85.0 Å². The molecule has 0 unspecified atom stereocenters. The molecule has 2 amide bonds. The Kier molecular flexibility index (Phi) is 8.54. The number of benzene rings is 3. The number of fused-ring (bicyclic) bond motifs is 2. The van der Waals surface area contributed by atoms with Crippen molar-refractivity contribution in [2.45, 2.75) is 39.7 Å². The zero-order valence-corrected chi connectivity index (χ0v) is 24.0. The molecule has 7 rings (SSSR count). The summed E-state index contributed by atoms with van der Waals surface area (Å²) in [5.41, 5.74) is 4.45. The van der Waals surface area contributed by atoms with Crippen LogP contribution in [0.3, 0.4) is 0 Å². The van der Waals surface area contributed by atoms with Gasteiger partial charge in [-0.25, -0.2) is 9.97 Å². The lowest BCUT2D eigenvalue weighted by molar-refractivity contribution is -0.123. The molecule has 0 saturated heterocycles. The third kappa shape index (κ3) is 6.72. The minimum atomic E-state index is -0.148. The first kappa shape index (κ1) is 29.3. The molecule has 0 radical (unpaired) electrons. The van der Waals surface area contributed by atoms with Crippen molar-refractivity contribution < 1.29 is 14.3 Å². The third-order valence-electron chi connectivity index (χ3n) is 8.13. The molecule has 0 spiro atoms. The summed E-state index contributed by atoms with van der Waals surface area (Å²) in [6.07, 6.45) is 6.55. The predicted octanol–water partition coefficient (Wildman–Crippen LogP) is 5.43. The lowest BCUT2D eigenvalue weighted by Crippen LogP contribution is -2.36. The number of nitrogens with zero attached hydrogens (tertiary/aromatic N) is 4. The quantitative estimate of drug-likeness (QED) is 0.228. The Morgan fingerprint density at radius 3 is 2.39 bits per heavy atom. The van der Waals surface area contributed by atoms with Crippen molar-refractivity contribution in [3.8, 4) is 17.1 Å². The summed E-state index contributed by atoms with van der Waals surface area (Å²) in [6.45, 7) is 2.06. The fourth-order valence-electron chi connectivity index (χ4n) is 5.26. The molecule has 0 bridgehead atoms. The highest BCUT2D eigenvalue weighted by Gasteiger charge is 2.25. The number of hydrogen-bond donors (Lipinski definition) is 2. The van der Waals surface area contributed by atoms with Crippen molar-refractivity contribution in [1.29, 1.82) is 0 Å². The van der Waals surface area contributed by atoms with E-state index in [0.717, 1.165) is 40.6 Å². The fourth-order valence-corrected chi connectivity index (χ4v) is 5.26. The predicted molar refractivity (Wildman–Crippen MR) is 173 cm³/mol. The van der Waals surface area contributed by atoms with Gasteiger partial charge in [-0.1, -0.05) is 37.8 Å². The maximum Gasteiger partial charge on any atom is 0.257 e. The molecule has 9 heteroatoms. The fraction of sp³-hybridized carbons (Fsp3) is 0.343. The number of hydrogen-bond acceptors (Lipinski definition) is 7. The van der Waals surface area contributed by atoms with Gasteiger partial charge in [0.05, 0.1) is 17.6 Å². The number of para-hydroxylation sites is 2. The van der Waals surface area contributed by atoms with Gasteiger partial charge in [0.25, 0.3) is 5.91 Å². The summed E-state index contributed by atoms with van der Waals surface area (Å²) in [5.74, 6) is 2.55. The summed E-state index contributed by atoms with van der Waals surface area (Å²) in [6, 6.07) is 21.4. The molecule has 2 fully saturated rings. The minimum Gasteiger partial charge on any atom is -0.483 e. The van der Waals surface area contributed by atoms with E-state index in [1.807, 2.05) is 65.7 Å². The number of ether oxygens (including phenoxy) is 1. The van der Waals surface area contributed by atoms with Crippen LogP contribution in [0.15, 0.2) is 71.7 Å². The van der Waals surface area contributed by atoms with E-state index in [2.05, 4.69) is 27.8 Å². The van der Waals surface area contributed by atoms with E-state index >= 15 is 0 Å². The van der Waals surface area contributed by atoms with Crippen molar-refractivity contribution in [3.63, 3.8) is 0 Å². The first-order chi connectivity index (χ1) is 21.1.